The van der Waals surface area contributed by atoms with E-state index >= 15 is 0 Å². The molecule has 0 fully saturated rings. The first kappa shape index (κ1) is 15.1. The molecule has 0 amide bonds. The van der Waals surface area contributed by atoms with Crippen LogP contribution in [-0.2, 0) is 0 Å². The first-order valence-corrected chi connectivity index (χ1v) is 7.86. The van der Waals surface area contributed by atoms with E-state index in [1.807, 2.05) is 0 Å². The average Bonchev–Trinajstić information content (AvgIpc) is 3.13. The van der Waals surface area contributed by atoms with E-state index in [0.29, 0.717) is 15.5 Å². The number of halogens is 4. The van der Waals surface area contributed by atoms with Crippen molar-refractivity contribution in [1.29, 1.82) is 0 Å². The summed E-state index contributed by atoms with van der Waals surface area (Å²) in [5, 5.41) is 12.6. The minimum absolute atomic E-state index is 0.0325. The zero-order valence-corrected chi connectivity index (χ0v) is 13.2. The Labute approximate surface area is 142 Å². The van der Waals surface area contributed by atoms with Gasteiger partial charge in [-0.05, 0) is 30.3 Å². The molecule has 9 heteroatoms. The molecule has 2 heterocycles. The molecular formula is C15H6ClF3N4S. The molecule has 0 radical (unpaired) electrons. The summed E-state index contributed by atoms with van der Waals surface area (Å²) < 4.78 is 42.0. The molecule has 2 aromatic carbocycles. The van der Waals surface area contributed by atoms with E-state index in [4.69, 9.17) is 11.6 Å². The highest BCUT2D eigenvalue weighted by Crippen LogP contribution is 2.31. The smallest absolute Gasteiger partial charge is 0.205 e. The Balaban J connectivity index is 1.87. The number of hydrogen-bond donors (Lipinski definition) is 0. The summed E-state index contributed by atoms with van der Waals surface area (Å²) in [7, 11) is 0. The fraction of sp³-hybridized carbons (Fsp3) is 0. The lowest BCUT2D eigenvalue weighted by molar-refractivity contribution is 0.510. The maximum absolute atomic E-state index is 14.0. The van der Waals surface area contributed by atoms with E-state index in [9.17, 15) is 13.2 Å². The molecule has 0 saturated heterocycles. The largest absolute Gasteiger partial charge is 0.235 e. The fourth-order valence-electron chi connectivity index (χ4n) is 2.21. The molecule has 2 aromatic heterocycles. The minimum atomic E-state index is -1.02. The Kier molecular flexibility index (Phi) is 3.50. The van der Waals surface area contributed by atoms with Crippen molar-refractivity contribution in [1.82, 2.24) is 19.8 Å². The summed E-state index contributed by atoms with van der Waals surface area (Å²) in [5.74, 6) is -2.46. The summed E-state index contributed by atoms with van der Waals surface area (Å²) in [5.41, 5.74) is 0.541. The van der Waals surface area contributed by atoms with Crippen LogP contribution in [0.1, 0.15) is 0 Å². The monoisotopic (exact) mass is 366 g/mol. The van der Waals surface area contributed by atoms with Gasteiger partial charge in [0.05, 0.1) is 10.6 Å². The lowest BCUT2D eigenvalue weighted by atomic mass is 10.2. The summed E-state index contributed by atoms with van der Waals surface area (Å²) in [6.45, 7) is 0. The molecule has 0 spiro atoms. The quantitative estimate of drug-likeness (QED) is 0.521. The van der Waals surface area contributed by atoms with Crippen LogP contribution in [0.5, 0.6) is 0 Å². The molecule has 4 nitrogen and oxygen atoms in total. The van der Waals surface area contributed by atoms with Gasteiger partial charge >= 0.3 is 0 Å². The van der Waals surface area contributed by atoms with E-state index in [0.717, 1.165) is 6.07 Å². The van der Waals surface area contributed by atoms with Gasteiger partial charge in [-0.2, -0.15) is 9.61 Å². The Morgan fingerprint density at radius 2 is 1.83 bits per heavy atom. The van der Waals surface area contributed by atoms with Crippen LogP contribution in [0.2, 0.25) is 5.02 Å². The van der Waals surface area contributed by atoms with Gasteiger partial charge in [0, 0.05) is 5.56 Å². The normalized spacial score (nSPS) is 11.3. The van der Waals surface area contributed by atoms with Gasteiger partial charge in [0.2, 0.25) is 4.96 Å². The molecule has 120 valence electrons. The van der Waals surface area contributed by atoms with Gasteiger partial charge in [-0.15, -0.1) is 10.2 Å². The van der Waals surface area contributed by atoms with Gasteiger partial charge in [-0.3, -0.25) is 0 Å². The minimum Gasteiger partial charge on any atom is -0.205 e. The number of rotatable bonds is 2. The van der Waals surface area contributed by atoms with Crippen LogP contribution >= 0.6 is 22.9 Å². The van der Waals surface area contributed by atoms with Crippen LogP contribution in [0.15, 0.2) is 36.4 Å². The maximum Gasteiger partial charge on any atom is 0.235 e. The lowest BCUT2D eigenvalue weighted by Gasteiger charge is -2.00. The molecule has 4 rings (SSSR count). The summed E-state index contributed by atoms with van der Waals surface area (Å²) in [6, 6.07) is 7.97. The van der Waals surface area contributed by atoms with Gasteiger partial charge in [-0.1, -0.05) is 29.0 Å². The third kappa shape index (κ3) is 2.35. The van der Waals surface area contributed by atoms with Crippen LogP contribution in [-0.4, -0.2) is 19.8 Å². The van der Waals surface area contributed by atoms with Crippen molar-refractivity contribution in [2.24, 2.45) is 0 Å². The molecule has 0 N–H and O–H groups in total. The predicted molar refractivity (Wildman–Crippen MR) is 84.4 cm³/mol. The van der Waals surface area contributed by atoms with E-state index in [1.165, 1.54) is 46.2 Å². The summed E-state index contributed by atoms with van der Waals surface area (Å²) in [4.78, 5) is 0.393. The molecule has 0 aliphatic carbocycles. The number of aromatic nitrogens is 4. The first-order chi connectivity index (χ1) is 11.5. The molecular weight excluding hydrogens is 361 g/mol. The highest BCUT2D eigenvalue weighted by molar-refractivity contribution is 7.19. The van der Waals surface area contributed by atoms with Gasteiger partial charge in [0.1, 0.15) is 10.8 Å². The SMILES string of the molecule is Fc1ccc(-c2nn3c(-c4cccc(F)c4F)nnc3s2)cc1Cl. The lowest BCUT2D eigenvalue weighted by Crippen LogP contribution is -1.95. The summed E-state index contributed by atoms with van der Waals surface area (Å²) >= 11 is 6.95. The van der Waals surface area contributed by atoms with Gasteiger partial charge in [-0.25, -0.2) is 13.2 Å². The van der Waals surface area contributed by atoms with E-state index in [1.54, 1.807) is 0 Å². The third-order valence-corrected chi connectivity index (χ3v) is 4.59. The maximum atomic E-state index is 14.0. The Morgan fingerprint density at radius 1 is 1.00 bits per heavy atom. The number of fused-ring (bicyclic) bond motifs is 1. The van der Waals surface area contributed by atoms with Gasteiger partial charge < -0.3 is 0 Å². The fourth-order valence-corrected chi connectivity index (χ4v) is 3.22. The second-order valence-electron chi connectivity index (χ2n) is 4.86. The predicted octanol–water partition coefficient (Wildman–Crippen LogP) is 4.59. The Hall–Kier alpha value is -2.45. The van der Waals surface area contributed by atoms with Crippen molar-refractivity contribution in [2.75, 3.05) is 0 Å². The molecule has 0 aliphatic heterocycles. The molecule has 0 aliphatic rings. The number of nitrogens with zero attached hydrogens (tertiary/aromatic N) is 4. The zero-order chi connectivity index (χ0) is 16.8. The second-order valence-corrected chi connectivity index (χ2v) is 6.22. The van der Waals surface area contributed by atoms with Gasteiger partial charge in [0.25, 0.3) is 0 Å². The zero-order valence-electron chi connectivity index (χ0n) is 11.7. The Bertz CT molecular complexity index is 1080. The average molecular weight is 367 g/mol. The van der Waals surface area contributed by atoms with Gasteiger partial charge in [0.15, 0.2) is 17.5 Å². The highest BCUT2D eigenvalue weighted by atomic mass is 35.5. The van der Waals surface area contributed by atoms with Crippen LogP contribution in [0.3, 0.4) is 0 Å². The third-order valence-electron chi connectivity index (χ3n) is 3.35. The Morgan fingerprint density at radius 3 is 2.62 bits per heavy atom. The van der Waals surface area contributed by atoms with Crippen molar-refractivity contribution in [2.45, 2.75) is 0 Å². The molecule has 4 aromatic rings. The standard InChI is InChI=1S/C15H6ClF3N4S/c16-9-6-7(4-5-10(9)17)14-22-23-13(20-21-15(23)24-14)8-2-1-3-11(18)12(8)19/h1-6H. The second kappa shape index (κ2) is 5.57. The van der Waals surface area contributed by atoms with Crippen molar-refractivity contribution < 1.29 is 13.2 Å². The van der Waals surface area contributed by atoms with Crippen LogP contribution in [0, 0.1) is 17.5 Å². The van der Waals surface area contributed by atoms with Crippen LogP contribution < -0.4 is 0 Å². The van der Waals surface area contributed by atoms with E-state index in [-0.39, 0.29) is 16.4 Å². The highest BCUT2D eigenvalue weighted by Gasteiger charge is 2.19. The topological polar surface area (TPSA) is 43.1 Å². The molecule has 0 atom stereocenters. The number of benzene rings is 2. The molecule has 24 heavy (non-hydrogen) atoms. The first-order valence-electron chi connectivity index (χ1n) is 6.66. The molecule has 0 saturated carbocycles. The van der Waals surface area contributed by atoms with Crippen molar-refractivity contribution in [3.63, 3.8) is 0 Å². The van der Waals surface area contributed by atoms with Crippen molar-refractivity contribution >= 4 is 27.9 Å². The van der Waals surface area contributed by atoms with Crippen molar-refractivity contribution in [3.05, 3.63) is 58.9 Å². The van der Waals surface area contributed by atoms with Crippen LogP contribution in [0.4, 0.5) is 13.2 Å². The van der Waals surface area contributed by atoms with E-state index in [2.05, 4.69) is 15.3 Å². The number of hydrogen-bond acceptors (Lipinski definition) is 4. The summed E-state index contributed by atoms with van der Waals surface area (Å²) in [6.07, 6.45) is 0. The molecule has 0 unspecified atom stereocenters. The van der Waals surface area contributed by atoms with Crippen molar-refractivity contribution in [3.8, 4) is 22.0 Å². The van der Waals surface area contributed by atoms with E-state index < -0.39 is 17.5 Å². The molecule has 0 bridgehead atoms. The van der Waals surface area contributed by atoms with Crippen LogP contribution in [0.25, 0.3) is 26.9 Å².